The third-order valence-corrected chi connectivity index (χ3v) is 4.52. The van der Waals surface area contributed by atoms with Gasteiger partial charge in [0, 0.05) is 18.2 Å². The van der Waals surface area contributed by atoms with Crippen LogP contribution in [-0.2, 0) is 14.8 Å². The summed E-state index contributed by atoms with van der Waals surface area (Å²) in [7, 11) is -4.15. The van der Waals surface area contributed by atoms with Crippen LogP contribution in [0.25, 0.3) is 0 Å². The first-order valence-electron chi connectivity index (χ1n) is 6.07. The molecule has 1 aromatic carbocycles. The Labute approximate surface area is 131 Å². The van der Waals surface area contributed by atoms with Gasteiger partial charge in [0.25, 0.3) is 5.91 Å². The Morgan fingerprint density at radius 3 is 2.67 bits per heavy atom. The first kappa shape index (κ1) is 18.0. The summed E-state index contributed by atoms with van der Waals surface area (Å²) in [6.45, 7) is 4.33. The van der Waals surface area contributed by atoms with Gasteiger partial charge in [-0.3, -0.25) is 4.79 Å². The summed E-state index contributed by atoms with van der Waals surface area (Å²) in [5.74, 6) is -1.50. The van der Waals surface area contributed by atoms with Crippen molar-refractivity contribution >= 4 is 31.9 Å². The second-order valence-electron chi connectivity index (χ2n) is 4.35. The number of carbonyl (C=O) groups is 1. The van der Waals surface area contributed by atoms with Gasteiger partial charge < -0.3 is 10.1 Å². The van der Waals surface area contributed by atoms with Crippen molar-refractivity contribution in [2.24, 2.45) is 5.14 Å². The van der Waals surface area contributed by atoms with Crippen molar-refractivity contribution < 1.29 is 22.3 Å². The van der Waals surface area contributed by atoms with Crippen LogP contribution in [0.3, 0.4) is 0 Å². The fourth-order valence-electron chi connectivity index (χ4n) is 1.55. The van der Waals surface area contributed by atoms with Gasteiger partial charge in [0.15, 0.2) is 0 Å². The zero-order chi connectivity index (χ0) is 16.2. The minimum Gasteiger partial charge on any atom is -0.380 e. The fraction of sp³-hybridized carbons (Fsp3) is 0.417. The predicted molar refractivity (Wildman–Crippen MR) is 78.9 cm³/mol. The number of sulfonamides is 1. The Morgan fingerprint density at radius 1 is 1.52 bits per heavy atom. The molecule has 3 N–H and O–H groups in total. The number of carbonyl (C=O) groups excluding carboxylic acids is 1. The van der Waals surface area contributed by atoms with Crippen LogP contribution in [0, 0.1) is 5.82 Å². The molecule has 0 bridgehead atoms. The molecule has 1 unspecified atom stereocenters. The minimum atomic E-state index is -4.15. The molecular weight excluding hydrogens is 367 g/mol. The maximum absolute atomic E-state index is 13.7. The normalized spacial score (nSPS) is 13.0. The lowest BCUT2D eigenvalue weighted by Crippen LogP contribution is -2.36. The van der Waals surface area contributed by atoms with Crippen LogP contribution in [-0.4, -0.2) is 33.6 Å². The molecule has 9 heteroatoms. The summed E-state index contributed by atoms with van der Waals surface area (Å²) in [5, 5.41) is 7.56. The maximum atomic E-state index is 13.7. The largest absolute Gasteiger partial charge is 0.380 e. The monoisotopic (exact) mass is 382 g/mol. The molecule has 0 spiro atoms. The van der Waals surface area contributed by atoms with E-state index in [1.165, 1.54) is 0 Å². The van der Waals surface area contributed by atoms with E-state index in [1.807, 2.05) is 6.92 Å². The van der Waals surface area contributed by atoms with Gasteiger partial charge in [0.2, 0.25) is 10.0 Å². The Bertz CT molecular complexity index is 636. The van der Waals surface area contributed by atoms with Crippen molar-refractivity contribution in [2.75, 3.05) is 13.2 Å². The minimum absolute atomic E-state index is 0.136. The lowest BCUT2D eigenvalue weighted by molar-refractivity contribution is 0.0871. The zero-order valence-electron chi connectivity index (χ0n) is 11.5. The number of hydrogen-bond acceptors (Lipinski definition) is 4. The number of rotatable bonds is 6. The lowest BCUT2D eigenvalue weighted by atomic mass is 10.2. The summed E-state index contributed by atoms with van der Waals surface area (Å²) in [5.41, 5.74) is -0.136. The first-order chi connectivity index (χ1) is 9.66. The highest BCUT2D eigenvalue weighted by Crippen LogP contribution is 2.25. The Balaban J connectivity index is 3.04. The molecule has 0 radical (unpaired) electrons. The Morgan fingerprint density at radius 2 is 2.14 bits per heavy atom. The van der Waals surface area contributed by atoms with Crippen LogP contribution in [0.2, 0.25) is 0 Å². The van der Waals surface area contributed by atoms with E-state index in [4.69, 9.17) is 9.88 Å². The summed E-state index contributed by atoms with van der Waals surface area (Å²) >= 11 is 2.80. The van der Waals surface area contributed by atoms with Crippen LogP contribution < -0.4 is 10.5 Å². The van der Waals surface area contributed by atoms with E-state index >= 15 is 0 Å². The van der Waals surface area contributed by atoms with E-state index < -0.39 is 26.6 Å². The van der Waals surface area contributed by atoms with E-state index in [9.17, 15) is 17.6 Å². The molecule has 1 aromatic rings. The topological polar surface area (TPSA) is 98.5 Å². The molecule has 0 saturated heterocycles. The molecule has 0 aromatic heterocycles. The highest BCUT2D eigenvalue weighted by molar-refractivity contribution is 9.10. The first-order valence-corrected chi connectivity index (χ1v) is 8.41. The number of ether oxygens (including phenoxy) is 1. The molecule has 0 aliphatic carbocycles. The van der Waals surface area contributed by atoms with Crippen LogP contribution in [0.15, 0.2) is 21.5 Å². The third kappa shape index (κ3) is 5.03. The average Bonchev–Trinajstić information content (AvgIpc) is 2.37. The highest BCUT2D eigenvalue weighted by Gasteiger charge is 2.20. The average molecular weight is 383 g/mol. The zero-order valence-corrected chi connectivity index (χ0v) is 13.9. The van der Waals surface area contributed by atoms with Gasteiger partial charge in [0.1, 0.15) is 5.82 Å². The van der Waals surface area contributed by atoms with Crippen molar-refractivity contribution in [3.63, 3.8) is 0 Å². The molecule has 6 nitrogen and oxygen atoms in total. The SMILES string of the molecule is CCOCC(C)NC(=O)c1cc(F)c(Br)c(S(N)(=O)=O)c1. The number of hydrogen-bond donors (Lipinski definition) is 2. The maximum Gasteiger partial charge on any atom is 0.251 e. The smallest absolute Gasteiger partial charge is 0.251 e. The number of nitrogens with one attached hydrogen (secondary N) is 1. The molecule has 0 aliphatic rings. The molecule has 1 rings (SSSR count). The third-order valence-electron chi connectivity index (χ3n) is 2.51. The van der Waals surface area contributed by atoms with Gasteiger partial charge in [-0.15, -0.1) is 0 Å². The van der Waals surface area contributed by atoms with Gasteiger partial charge in [0.05, 0.1) is 16.0 Å². The van der Waals surface area contributed by atoms with Crippen LogP contribution in [0.1, 0.15) is 24.2 Å². The Kier molecular flexibility index (Phi) is 6.26. The molecule has 118 valence electrons. The number of nitrogens with two attached hydrogens (primary N) is 1. The summed E-state index contributed by atoms with van der Waals surface area (Å²) in [6, 6.07) is 1.65. The number of primary sulfonamides is 1. The predicted octanol–water partition coefficient (Wildman–Crippen LogP) is 1.39. The number of benzene rings is 1. The summed E-state index contributed by atoms with van der Waals surface area (Å²) in [4.78, 5) is 11.5. The van der Waals surface area contributed by atoms with E-state index in [1.54, 1.807) is 6.92 Å². The number of halogens is 2. The standard InChI is InChI=1S/C12H16BrFN2O4S/c1-3-20-6-7(2)16-12(17)8-4-9(14)11(13)10(5-8)21(15,18)19/h4-5,7H,3,6H2,1-2H3,(H,16,17)(H2,15,18,19). The van der Waals surface area contributed by atoms with Crippen LogP contribution in [0.4, 0.5) is 4.39 Å². The van der Waals surface area contributed by atoms with Gasteiger partial charge >= 0.3 is 0 Å². The van der Waals surface area contributed by atoms with Crippen molar-refractivity contribution in [1.82, 2.24) is 5.32 Å². The molecule has 0 saturated carbocycles. The molecule has 1 atom stereocenters. The second kappa shape index (κ2) is 7.30. The van der Waals surface area contributed by atoms with E-state index in [2.05, 4.69) is 21.2 Å². The van der Waals surface area contributed by atoms with Crippen molar-refractivity contribution in [2.45, 2.75) is 24.8 Å². The van der Waals surface area contributed by atoms with Crippen molar-refractivity contribution in [3.05, 3.63) is 28.0 Å². The molecule has 0 heterocycles. The molecular formula is C12H16BrFN2O4S. The summed E-state index contributed by atoms with van der Waals surface area (Å²) in [6.07, 6.45) is 0. The van der Waals surface area contributed by atoms with Crippen molar-refractivity contribution in [3.8, 4) is 0 Å². The molecule has 21 heavy (non-hydrogen) atoms. The molecule has 0 aliphatic heterocycles. The second-order valence-corrected chi connectivity index (χ2v) is 6.67. The fourth-order valence-corrected chi connectivity index (χ4v) is 3.09. The molecule has 0 fully saturated rings. The van der Waals surface area contributed by atoms with E-state index in [0.717, 1.165) is 12.1 Å². The van der Waals surface area contributed by atoms with E-state index in [0.29, 0.717) is 13.2 Å². The lowest BCUT2D eigenvalue weighted by Gasteiger charge is -2.14. The van der Waals surface area contributed by atoms with Crippen molar-refractivity contribution in [1.29, 1.82) is 0 Å². The van der Waals surface area contributed by atoms with E-state index in [-0.39, 0.29) is 16.1 Å². The Hall–Kier alpha value is -1.03. The van der Waals surface area contributed by atoms with Crippen LogP contribution in [0.5, 0.6) is 0 Å². The number of amides is 1. The summed E-state index contributed by atoms with van der Waals surface area (Å²) < 4.78 is 41.3. The van der Waals surface area contributed by atoms with Gasteiger partial charge in [-0.2, -0.15) is 0 Å². The van der Waals surface area contributed by atoms with Crippen LogP contribution >= 0.6 is 15.9 Å². The van der Waals surface area contributed by atoms with Gasteiger partial charge in [-0.1, -0.05) is 0 Å². The van der Waals surface area contributed by atoms with Gasteiger partial charge in [-0.25, -0.2) is 17.9 Å². The van der Waals surface area contributed by atoms with Gasteiger partial charge in [-0.05, 0) is 41.9 Å². The molecule has 1 amide bonds. The highest BCUT2D eigenvalue weighted by atomic mass is 79.9. The quantitative estimate of drug-likeness (QED) is 0.776.